The van der Waals surface area contributed by atoms with Crippen LogP contribution in [0.1, 0.15) is 22.8 Å². The van der Waals surface area contributed by atoms with E-state index in [0.717, 1.165) is 16.7 Å². The number of aliphatic hydroxyl groups excluding tert-OH is 2. The van der Waals surface area contributed by atoms with Gasteiger partial charge in [0.1, 0.15) is 0 Å². The molecule has 0 amide bonds. The number of hydrogen-bond acceptors (Lipinski definition) is 3. The normalized spacial score (nSPS) is 12.4. The molecule has 0 saturated heterocycles. The molecule has 3 nitrogen and oxygen atoms in total. The van der Waals surface area contributed by atoms with E-state index in [2.05, 4.69) is 4.98 Å². The average molecular weight is 229 g/mol. The molecule has 0 aliphatic carbocycles. The summed E-state index contributed by atoms with van der Waals surface area (Å²) in [4.78, 5) is 3.98. The van der Waals surface area contributed by atoms with E-state index in [1.807, 2.05) is 36.4 Å². The van der Waals surface area contributed by atoms with E-state index in [9.17, 15) is 5.11 Å². The molecule has 0 fully saturated rings. The van der Waals surface area contributed by atoms with Gasteiger partial charge in [-0.1, -0.05) is 30.3 Å². The molecule has 0 aliphatic rings. The Balaban J connectivity index is 2.05. The van der Waals surface area contributed by atoms with Gasteiger partial charge in [-0.15, -0.1) is 0 Å². The van der Waals surface area contributed by atoms with Gasteiger partial charge >= 0.3 is 0 Å². The fourth-order valence-corrected chi connectivity index (χ4v) is 1.69. The molecule has 0 radical (unpaired) electrons. The van der Waals surface area contributed by atoms with Crippen LogP contribution in [0.4, 0.5) is 0 Å². The van der Waals surface area contributed by atoms with Crippen molar-refractivity contribution in [3.63, 3.8) is 0 Å². The summed E-state index contributed by atoms with van der Waals surface area (Å²) in [6, 6.07) is 11.3. The predicted molar refractivity (Wildman–Crippen MR) is 65.3 cm³/mol. The summed E-state index contributed by atoms with van der Waals surface area (Å²) in [5, 5.41) is 18.9. The van der Waals surface area contributed by atoms with Crippen LogP contribution in [0.25, 0.3) is 0 Å². The molecule has 0 aliphatic heterocycles. The van der Waals surface area contributed by atoms with Gasteiger partial charge in [-0.05, 0) is 22.8 Å². The van der Waals surface area contributed by atoms with Gasteiger partial charge in [0.25, 0.3) is 0 Å². The third kappa shape index (κ3) is 3.12. The van der Waals surface area contributed by atoms with Crippen LogP contribution in [0.5, 0.6) is 0 Å². The number of aliphatic hydroxyl groups is 2. The van der Waals surface area contributed by atoms with E-state index in [1.165, 1.54) is 0 Å². The summed E-state index contributed by atoms with van der Waals surface area (Å²) in [6.07, 6.45) is 3.37. The minimum atomic E-state index is -0.538. The van der Waals surface area contributed by atoms with E-state index in [4.69, 9.17) is 5.11 Å². The monoisotopic (exact) mass is 229 g/mol. The number of benzene rings is 1. The second kappa shape index (κ2) is 5.57. The van der Waals surface area contributed by atoms with Crippen molar-refractivity contribution in [2.75, 3.05) is 0 Å². The Kier molecular flexibility index (Phi) is 3.85. The van der Waals surface area contributed by atoms with E-state index in [-0.39, 0.29) is 6.61 Å². The second-order valence-electron chi connectivity index (χ2n) is 3.98. The Morgan fingerprint density at radius 2 is 1.76 bits per heavy atom. The van der Waals surface area contributed by atoms with Crippen LogP contribution < -0.4 is 0 Å². The second-order valence-corrected chi connectivity index (χ2v) is 3.98. The minimum absolute atomic E-state index is 0.0471. The first kappa shape index (κ1) is 11.8. The quantitative estimate of drug-likeness (QED) is 0.841. The van der Waals surface area contributed by atoms with Gasteiger partial charge < -0.3 is 10.2 Å². The Bertz CT molecular complexity index is 453. The molecule has 2 N–H and O–H groups in total. The summed E-state index contributed by atoms with van der Waals surface area (Å²) in [7, 11) is 0. The number of nitrogens with zero attached hydrogens (tertiary/aromatic N) is 1. The molecule has 1 aromatic carbocycles. The lowest BCUT2D eigenvalue weighted by molar-refractivity contribution is 0.178. The molecule has 3 heteroatoms. The molecule has 2 rings (SSSR count). The van der Waals surface area contributed by atoms with Crippen LogP contribution in [0.2, 0.25) is 0 Å². The van der Waals surface area contributed by atoms with Crippen molar-refractivity contribution in [2.24, 2.45) is 0 Å². The molecule has 1 unspecified atom stereocenters. The first-order chi connectivity index (χ1) is 8.29. The van der Waals surface area contributed by atoms with Crippen LogP contribution in [-0.2, 0) is 13.0 Å². The third-order valence-electron chi connectivity index (χ3n) is 2.70. The van der Waals surface area contributed by atoms with Crippen molar-refractivity contribution in [3.8, 4) is 0 Å². The smallest absolute Gasteiger partial charge is 0.0845 e. The maximum absolute atomic E-state index is 10.0. The van der Waals surface area contributed by atoms with Crippen molar-refractivity contribution in [2.45, 2.75) is 19.1 Å². The van der Waals surface area contributed by atoms with Gasteiger partial charge in [0, 0.05) is 18.8 Å². The number of rotatable bonds is 4. The van der Waals surface area contributed by atoms with Gasteiger partial charge in [-0.3, -0.25) is 4.98 Å². The molecule has 1 heterocycles. The predicted octanol–water partition coefficient (Wildman–Crippen LogP) is 1.85. The first-order valence-corrected chi connectivity index (χ1v) is 5.56. The highest BCUT2D eigenvalue weighted by molar-refractivity contribution is 5.24. The van der Waals surface area contributed by atoms with E-state index < -0.39 is 6.10 Å². The van der Waals surface area contributed by atoms with Crippen molar-refractivity contribution in [3.05, 3.63) is 65.5 Å². The topological polar surface area (TPSA) is 53.4 Å². The lowest BCUT2D eigenvalue weighted by Gasteiger charge is -2.10. The Morgan fingerprint density at radius 3 is 2.35 bits per heavy atom. The number of pyridine rings is 1. The molecule has 1 aromatic heterocycles. The summed E-state index contributed by atoms with van der Waals surface area (Å²) in [6.45, 7) is 0.0471. The van der Waals surface area contributed by atoms with Crippen molar-refractivity contribution < 1.29 is 10.2 Å². The van der Waals surface area contributed by atoms with Crippen LogP contribution in [0.15, 0.2) is 48.8 Å². The molecule has 0 bridgehead atoms. The van der Waals surface area contributed by atoms with Gasteiger partial charge in [-0.2, -0.15) is 0 Å². The molecule has 1 atom stereocenters. The molecular weight excluding hydrogens is 214 g/mol. The van der Waals surface area contributed by atoms with Gasteiger partial charge in [0.15, 0.2) is 0 Å². The van der Waals surface area contributed by atoms with E-state index in [1.54, 1.807) is 12.4 Å². The number of hydrogen-bond donors (Lipinski definition) is 2. The van der Waals surface area contributed by atoms with Gasteiger partial charge in [0.05, 0.1) is 12.7 Å². The van der Waals surface area contributed by atoms with Crippen LogP contribution in [0.3, 0.4) is 0 Å². The zero-order chi connectivity index (χ0) is 12.1. The standard InChI is InChI=1S/C14H15NO2/c16-10-12-5-3-11(4-6-12)8-14(17)13-2-1-7-15-9-13/h1-7,9,14,16-17H,8,10H2. The van der Waals surface area contributed by atoms with Gasteiger partial charge in [-0.25, -0.2) is 0 Å². The summed E-state index contributed by atoms with van der Waals surface area (Å²) in [5.74, 6) is 0. The maximum atomic E-state index is 10.0. The molecule has 88 valence electrons. The Hall–Kier alpha value is -1.71. The van der Waals surface area contributed by atoms with E-state index >= 15 is 0 Å². The van der Waals surface area contributed by atoms with Crippen molar-refractivity contribution >= 4 is 0 Å². The lowest BCUT2D eigenvalue weighted by atomic mass is 10.0. The fourth-order valence-electron chi connectivity index (χ4n) is 1.69. The van der Waals surface area contributed by atoms with E-state index in [0.29, 0.717) is 6.42 Å². The zero-order valence-corrected chi connectivity index (χ0v) is 9.45. The highest BCUT2D eigenvalue weighted by atomic mass is 16.3. The minimum Gasteiger partial charge on any atom is -0.392 e. The lowest BCUT2D eigenvalue weighted by Crippen LogP contribution is -2.02. The average Bonchev–Trinajstić information content (AvgIpc) is 2.40. The Morgan fingerprint density at radius 1 is 1.06 bits per heavy atom. The molecule has 2 aromatic rings. The largest absolute Gasteiger partial charge is 0.392 e. The molecule has 17 heavy (non-hydrogen) atoms. The highest BCUT2D eigenvalue weighted by Crippen LogP contribution is 2.17. The third-order valence-corrected chi connectivity index (χ3v) is 2.70. The summed E-state index contributed by atoms with van der Waals surface area (Å²) in [5.41, 5.74) is 2.74. The fraction of sp³-hybridized carbons (Fsp3) is 0.214. The zero-order valence-electron chi connectivity index (χ0n) is 9.45. The van der Waals surface area contributed by atoms with Crippen molar-refractivity contribution in [1.82, 2.24) is 4.98 Å². The Labute approximate surface area is 100 Å². The van der Waals surface area contributed by atoms with Crippen molar-refractivity contribution in [1.29, 1.82) is 0 Å². The van der Waals surface area contributed by atoms with Gasteiger partial charge in [0.2, 0.25) is 0 Å². The van der Waals surface area contributed by atoms with Crippen LogP contribution in [0, 0.1) is 0 Å². The van der Waals surface area contributed by atoms with Crippen LogP contribution in [-0.4, -0.2) is 15.2 Å². The first-order valence-electron chi connectivity index (χ1n) is 5.56. The maximum Gasteiger partial charge on any atom is 0.0845 e. The summed E-state index contributed by atoms with van der Waals surface area (Å²) < 4.78 is 0. The highest BCUT2D eigenvalue weighted by Gasteiger charge is 2.08. The molecule has 0 spiro atoms. The van der Waals surface area contributed by atoms with Crippen LogP contribution >= 0.6 is 0 Å². The SMILES string of the molecule is OCc1ccc(CC(O)c2cccnc2)cc1. The summed E-state index contributed by atoms with van der Waals surface area (Å²) >= 11 is 0. The molecule has 0 saturated carbocycles. The number of aromatic nitrogens is 1. The molecular formula is C14H15NO2.